The maximum atomic E-state index is 5.29. The summed E-state index contributed by atoms with van der Waals surface area (Å²) in [5, 5.41) is 4.92. The quantitative estimate of drug-likeness (QED) is 0.665. The molecule has 1 aliphatic rings. The van der Waals surface area contributed by atoms with Crippen LogP contribution in [0.2, 0.25) is 0 Å². The lowest BCUT2D eigenvalue weighted by Gasteiger charge is -2.19. The molecule has 0 spiro atoms. The molecule has 128 valence electrons. The van der Waals surface area contributed by atoms with E-state index in [0.29, 0.717) is 6.04 Å². The van der Waals surface area contributed by atoms with Crippen molar-refractivity contribution >= 4 is 0 Å². The third-order valence-electron chi connectivity index (χ3n) is 5.00. The number of nitrogens with zero attached hydrogens (tertiary/aromatic N) is 3. The summed E-state index contributed by atoms with van der Waals surface area (Å²) in [6, 6.07) is 19.0. The van der Waals surface area contributed by atoms with Crippen molar-refractivity contribution in [1.29, 1.82) is 0 Å². The van der Waals surface area contributed by atoms with Crippen LogP contribution in [0.25, 0.3) is 16.9 Å². The topological polar surface area (TPSA) is 30.9 Å². The molecule has 4 rings (SSSR count). The fourth-order valence-electron chi connectivity index (χ4n) is 3.61. The van der Waals surface area contributed by atoms with E-state index in [1.165, 1.54) is 32.1 Å². The maximum absolute atomic E-state index is 5.29. The Hall–Kier alpha value is -2.62. The van der Waals surface area contributed by atoms with Crippen LogP contribution in [-0.2, 0) is 0 Å². The van der Waals surface area contributed by atoms with Crippen LogP contribution in [0.3, 0.4) is 0 Å². The Labute approximate surface area is 148 Å². The van der Waals surface area contributed by atoms with Crippen LogP contribution in [0.5, 0.6) is 5.75 Å². The highest BCUT2D eigenvalue weighted by Crippen LogP contribution is 2.26. The number of methoxy groups -OCH3 is 1. The summed E-state index contributed by atoms with van der Waals surface area (Å²) in [6.07, 6.45) is 8.59. The Balaban J connectivity index is 1.78. The molecule has 2 aromatic carbocycles. The highest BCUT2D eigenvalue weighted by molar-refractivity contribution is 5.56. The molecule has 1 heterocycles. The van der Waals surface area contributed by atoms with E-state index in [4.69, 9.17) is 9.84 Å². The van der Waals surface area contributed by atoms with Crippen LogP contribution < -0.4 is 9.42 Å². The molecule has 0 aliphatic heterocycles. The van der Waals surface area contributed by atoms with Crippen molar-refractivity contribution < 1.29 is 9.42 Å². The normalized spacial score (nSPS) is 15.2. The van der Waals surface area contributed by atoms with Gasteiger partial charge in [-0.05, 0) is 54.7 Å². The predicted molar refractivity (Wildman–Crippen MR) is 97.9 cm³/mol. The van der Waals surface area contributed by atoms with Crippen LogP contribution in [-0.4, -0.2) is 17.0 Å². The molecule has 0 radical (unpaired) electrons. The van der Waals surface area contributed by atoms with Gasteiger partial charge in [0, 0.05) is 5.56 Å². The molecule has 0 unspecified atom stereocenters. The molecule has 0 amide bonds. The van der Waals surface area contributed by atoms with Crippen molar-refractivity contribution in [1.82, 2.24) is 9.90 Å². The van der Waals surface area contributed by atoms with Gasteiger partial charge in [-0.15, -0.1) is 0 Å². The fourth-order valence-corrected chi connectivity index (χ4v) is 3.61. The van der Waals surface area contributed by atoms with Crippen LogP contribution in [0, 0.1) is 0 Å². The van der Waals surface area contributed by atoms with Gasteiger partial charge in [-0.1, -0.05) is 36.8 Å². The molecule has 4 heteroatoms. The standard InChI is InChI=1S/C21H24N3O/c1-25-20-14-12-19(13-15-20)24-22-21(17-8-4-2-5-9-17)16-23(24)18-10-6-3-7-11-18/h2,4-5,8-9,12-16,18H,3,6-7,10-11H2,1H3/q+1. The van der Waals surface area contributed by atoms with Gasteiger partial charge in [0.1, 0.15) is 17.5 Å². The minimum atomic E-state index is 0.515. The SMILES string of the molecule is COc1ccc(-n2nc(-c3ccccc3)c[n+]2C2CCCCC2)cc1. The fraction of sp³-hybridized carbons (Fsp3) is 0.333. The van der Waals surface area contributed by atoms with Gasteiger partial charge in [-0.2, -0.15) is 4.68 Å². The summed E-state index contributed by atoms with van der Waals surface area (Å²) in [5.74, 6) is 0.864. The molecule has 0 atom stereocenters. The van der Waals surface area contributed by atoms with E-state index >= 15 is 0 Å². The lowest BCUT2D eigenvalue weighted by atomic mass is 9.96. The number of rotatable bonds is 4. The number of hydrogen-bond donors (Lipinski definition) is 0. The molecule has 1 saturated carbocycles. The average Bonchev–Trinajstić information content (AvgIpc) is 3.15. The Morgan fingerprint density at radius 2 is 1.68 bits per heavy atom. The van der Waals surface area contributed by atoms with Crippen molar-refractivity contribution in [2.75, 3.05) is 7.11 Å². The molecule has 0 N–H and O–H groups in total. The third-order valence-corrected chi connectivity index (χ3v) is 5.00. The first-order valence-electron chi connectivity index (χ1n) is 9.06. The molecule has 0 bridgehead atoms. The van der Waals surface area contributed by atoms with Crippen molar-refractivity contribution in [2.24, 2.45) is 0 Å². The van der Waals surface area contributed by atoms with Crippen LogP contribution >= 0.6 is 0 Å². The van der Waals surface area contributed by atoms with Crippen LogP contribution in [0.15, 0.2) is 60.8 Å². The lowest BCUT2D eigenvalue weighted by molar-refractivity contribution is -0.795. The van der Waals surface area contributed by atoms with E-state index in [0.717, 1.165) is 22.7 Å². The molecular weight excluding hydrogens is 310 g/mol. The summed E-state index contributed by atoms with van der Waals surface area (Å²) >= 11 is 0. The van der Waals surface area contributed by atoms with E-state index in [2.05, 4.69) is 52.1 Å². The number of benzene rings is 2. The first-order chi connectivity index (χ1) is 12.3. The zero-order valence-corrected chi connectivity index (χ0v) is 14.6. The van der Waals surface area contributed by atoms with Crippen molar-refractivity contribution in [2.45, 2.75) is 38.1 Å². The largest absolute Gasteiger partial charge is 0.497 e. The molecule has 0 saturated heterocycles. The smallest absolute Gasteiger partial charge is 0.249 e. The predicted octanol–water partition coefficient (Wildman–Crippen LogP) is 4.34. The van der Waals surface area contributed by atoms with Gasteiger partial charge in [-0.3, -0.25) is 0 Å². The van der Waals surface area contributed by atoms with Gasteiger partial charge in [0.05, 0.1) is 12.2 Å². The second-order valence-electron chi connectivity index (χ2n) is 6.64. The summed E-state index contributed by atoms with van der Waals surface area (Å²) in [4.78, 5) is 2.05. The van der Waals surface area contributed by atoms with E-state index < -0.39 is 0 Å². The lowest BCUT2D eigenvalue weighted by Crippen LogP contribution is -2.47. The summed E-state index contributed by atoms with van der Waals surface area (Å²) in [5.41, 5.74) is 3.23. The number of aromatic nitrogens is 3. The summed E-state index contributed by atoms with van der Waals surface area (Å²) in [6.45, 7) is 0. The minimum absolute atomic E-state index is 0.515. The van der Waals surface area contributed by atoms with E-state index in [9.17, 15) is 0 Å². The Morgan fingerprint density at radius 1 is 0.960 bits per heavy atom. The van der Waals surface area contributed by atoms with Crippen molar-refractivity contribution in [3.63, 3.8) is 0 Å². The van der Waals surface area contributed by atoms with Gasteiger partial charge in [0.2, 0.25) is 5.69 Å². The Morgan fingerprint density at radius 3 is 2.36 bits per heavy atom. The number of ether oxygens (including phenoxy) is 1. The Kier molecular flexibility index (Phi) is 4.51. The van der Waals surface area contributed by atoms with Gasteiger partial charge < -0.3 is 4.74 Å². The second kappa shape index (κ2) is 7.09. The van der Waals surface area contributed by atoms with Gasteiger partial charge in [0.15, 0.2) is 6.20 Å². The molecule has 1 aliphatic carbocycles. The molecular formula is C21H24N3O+. The van der Waals surface area contributed by atoms with E-state index in [-0.39, 0.29) is 0 Å². The minimum Gasteiger partial charge on any atom is -0.497 e. The average molecular weight is 334 g/mol. The molecule has 25 heavy (non-hydrogen) atoms. The zero-order valence-electron chi connectivity index (χ0n) is 14.6. The van der Waals surface area contributed by atoms with Crippen LogP contribution in [0.1, 0.15) is 38.1 Å². The summed E-state index contributed by atoms with van der Waals surface area (Å²) < 4.78 is 7.61. The van der Waals surface area contributed by atoms with Crippen molar-refractivity contribution in [3.8, 4) is 22.7 Å². The molecule has 1 fully saturated rings. The number of hydrogen-bond acceptors (Lipinski definition) is 2. The highest BCUT2D eigenvalue weighted by Gasteiger charge is 2.27. The summed E-state index contributed by atoms with van der Waals surface area (Å²) in [7, 11) is 1.69. The van der Waals surface area contributed by atoms with E-state index in [1.807, 2.05) is 18.2 Å². The molecule has 4 nitrogen and oxygen atoms in total. The van der Waals surface area contributed by atoms with Gasteiger partial charge in [-0.25, -0.2) is 0 Å². The first kappa shape index (κ1) is 15.9. The van der Waals surface area contributed by atoms with Crippen molar-refractivity contribution in [3.05, 3.63) is 60.8 Å². The monoisotopic (exact) mass is 334 g/mol. The van der Waals surface area contributed by atoms with Crippen LogP contribution in [0.4, 0.5) is 0 Å². The van der Waals surface area contributed by atoms with Gasteiger partial charge in [0.25, 0.3) is 0 Å². The highest BCUT2D eigenvalue weighted by atomic mass is 16.5. The maximum Gasteiger partial charge on any atom is 0.249 e. The molecule has 1 aromatic heterocycles. The Bertz CT molecular complexity index is 818. The van der Waals surface area contributed by atoms with Gasteiger partial charge >= 0.3 is 0 Å². The second-order valence-corrected chi connectivity index (χ2v) is 6.64. The third kappa shape index (κ3) is 3.29. The first-order valence-corrected chi connectivity index (χ1v) is 9.06. The zero-order chi connectivity index (χ0) is 17.1. The molecule has 3 aromatic rings. The van der Waals surface area contributed by atoms with E-state index in [1.54, 1.807) is 7.11 Å².